The standard InChI is InChI=1S/C23H28N2O4S/c1-14-12-18(8-11-21(14)25-30(5,28)29)15(2)24-22(27)20-13-23(20,4)19-9-6-17(7-10-19)16(3)26/h6-12,15,20,25H,13H2,1-5H3,(H,24,27)/t15-,20?,23?/m1/s1. The number of hydrogen-bond donors (Lipinski definition) is 2. The van der Waals surface area contributed by atoms with Crippen molar-refractivity contribution in [3.63, 3.8) is 0 Å². The predicted molar refractivity (Wildman–Crippen MR) is 118 cm³/mol. The number of Topliss-reactive ketones (excluding diaryl/α,β-unsaturated/α-hetero) is 1. The van der Waals surface area contributed by atoms with Gasteiger partial charge in [-0.05, 0) is 49.9 Å². The Bertz CT molecular complexity index is 1090. The van der Waals surface area contributed by atoms with Gasteiger partial charge in [0, 0.05) is 16.9 Å². The van der Waals surface area contributed by atoms with E-state index in [0.29, 0.717) is 11.3 Å². The second-order valence-corrected chi connectivity index (χ2v) is 10.2. The highest BCUT2D eigenvalue weighted by atomic mass is 32.2. The van der Waals surface area contributed by atoms with Crippen molar-refractivity contribution in [2.45, 2.75) is 45.6 Å². The molecule has 7 heteroatoms. The van der Waals surface area contributed by atoms with Crippen molar-refractivity contribution >= 4 is 27.4 Å². The summed E-state index contributed by atoms with van der Waals surface area (Å²) in [4.78, 5) is 24.3. The molecule has 1 fully saturated rings. The zero-order chi connectivity index (χ0) is 22.3. The van der Waals surface area contributed by atoms with E-state index < -0.39 is 10.0 Å². The predicted octanol–water partition coefficient (Wildman–Crippen LogP) is 3.72. The Kier molecular flexibility index (Phi) is 5.78. The lowest BCUT2D eigenvalue weighted by atomic mass is 9.93. The fraction of sp³-hybridized carbons (Fsp3) is 0.391. The number of amides is 1. The molecule has 1 aliphatic carbocycles. The fourth-order valence-electron chi connectivity index (χ4n) is 3.82. The molecule has 2 aromatic rings. The van der Waals surface area contributed by atoms with Crippen LogP contribution in [0, 0.1) is 12.8 Å². The third-order valence-electron chi connectivity index (χ3n) is 5.91. The summed E-state index contributed by atoms with van der Waals surface area (Å²) in [6.07, 6.45) is 1.88. The molecule has 2 N–H and O–H groups in total. The van der Waals surface area contributed by atoms with Crippen molar-refractivity contribution in [3.05, 3.63) is 64.7 Å². The van der Waals surface area contributed by atoms with Crippen LogP contribution in [-0.4, -0.2) is 26.4 Å². The number of carbonyl (C=O) groups is 2. The van der Waals surface area contributed by atoms with Crippen LogP contribution in [0.5, 0.6) is 0 Å². The zero-order valence-electron chi connectivity index (χ0n) is 17.9. The van der Waals surface area contributed by atoms with Crippen molar-refractivity contribution in [2.75, 3.05) is 11.0 Å². The quantitative estimate of drug-likeness (QED) is 0.658. The van der Waals surface area contributed by atoms with Gasteiger partial charge < -0.3 is 5.32 Å². The Hall–Kier alpha value is -2.67. The van der Waals surface area contributed by atoms with Crippen LogP contribution in [0.15, 0.2) is 42.5 Å². The summed E-state index contributed by atoms with van der Waals surface area (Å²) < 4.78 is 25.4. The van der Waals surface area contributed by atoms with Crippen LogP contribution in [-0.2, 0) is 20.2 Å². The molecule has 0 spiro atoms. The van der Waals surface area contributed by atoms with Gasteiger partial charge in [0.1, 0.15) is 0 Å². The molecular weight excluding hydrogens is 400 g/mol. The number of rotatable bonds is 7. The van der Waals surface area contributed by atoms with Crippen molar-refractivity contribution in [3.8, 4) is 0 Å². The Morgan fingerprint density at radius 1 is 1.13 bits per heavy atom. The fourth-order valence-corrected chi connectivity index (χ4v) is 4.45. The first-order valence-electron chi connectivity index (χ1n) is 9.91. The van der Waals surface area contributed by atoms with E-state index in [9.17, 15) is 18.0 Å². The molecule has 0 saturated heterocycles. The molecule has 2 unspecified atom stereocenters. The Morgan fingerprint density at radius 3 is 2.30 bits per heavy atom. The number of carbonyl (C=O) groups excluding carboxylic acids is 2. The highest BCUT2D eigenvalue weighted by Gasteiger charge is 2.55. The molecule has 0 aliphatic heterocycles. The minimum atomic E-state index is -3.34. The second-order valence-electron chi connectivity index (χ2n) is 8.49. The molecule has 6 nitrogen and oxygen atoms in total. The minimum Gasteiger partial charge on any atom is -0.349 e. The lowest BCUT2D eigenvalue weighted by Crippen LogP contribution is -2.30. The van der Waals surface area contributed by atoms with Gasteiger partial charge in [-0.3, -0.25) is 14.3 Å². The van der Waals surface area contributed by atoms with E-state index in [0.717, 1.165) is 29.4 Å². The number of sulfonamides is 1. The van der Waals surface area contributed by atoms with E-state index in [1.165, 1.54) is 6.92 Å². The summed E-state index contributed by atoms with van der Waals surface area (Å²) in [7, 11) is -3.34. The summed E-state index contributed by atoms with van der Waals surface area (Å²) >= 11 is 0. The largest absolute Gasteiger partial charge is 0.349 e. The molecule has 3 rings (SSSR count). The summed E-state index contributed by atoms with van der Waals surface area (Å²) in [6.45, 7) is 7.35. The molecular formula is C23H28N2O4S. The van der Waals surface area contributed by atoms with Gasteiger partial charge in [-0.25, -0.2) is 8.42 Å². The molecule has 1 saturated carbocycles. The highest BCUT2D eigenvalue weighted by Crippen LogP contribution is 2.54. The number of anilines is 1. The molecule has 0 heterocycles. The topological polar surface area (TPSA) is 92.3 Å². The van der Waals surface area contributed by atoms with Crippen LogP contribution >= 0.6 is 0 Å². The van der Waals surface area contributed by atoms with Crippen LogP contribution in [0.1, 0.15) is 60.3 Å². The second kappa shape index (κ2) is 7.87. The van der Waals surface area contributed by atoms with Gasteiger partial charge in [-0.15, -0.1) is 0 Å². The van der Waals surface area contributed by atoms with E-state index >= 15 is 0 Å². The van der Waals surface area contributed by atoms with Crippen molar-refractivity contribution in [1.82, 2.24) is 5.32 Å². The molecule has 160 valence electrons. The first-order valence-corrected chi connectivity index (χ1v) is 11.8. The first-order chi connectivity index (χ1) is 13.9. The molecule has 0 radical (unpaired) electrons. The third kappa shape index (κ3) is 4.73. The van der Waals surface area contributed by atoms with E-state index in [-0.39, 0.29) is 29.1 Å². The lowest BCUT2D eigenvalue weighted by molar-refractivity contribution is -0.123. The molecule has 0 bridgehead atoms. The van der Waals surface area contributed by atoms with Gasteiger partial charge in [-0.2, -0.15) is 0 Å². The molecule has 2 aromatic carbocycles. The lowest BCUT2D eigenvalue weighted by Gasteiger charge is -2.18. The summed E-state index contributed by atoms with van der Waals surface area (Å²) in [5, 5.41) is 3.08. The van der Waals surface area contributed by atoms with Crippen LogP contribution < -0.4 is 10.0 Å². The Labute approximate surface area is 178 Å². The number of aryl methyl sites for hydroxylation is 1. The monoisotopic (exact) mass is 428 g/mol. The zero-order valence-corrected chi connectivity index (χ0v) is 18.8. The van der Waals surface area contributed by atoms with Crippen LogP contribution in [0.2, 0.25) is 0 Å². The van der Waals surface area contributed by atoms with Gasteiger partial charge in [0.15, 0.2) is 5.78 Å². The smallest absolute Gasteiger partial charge is 0.229 e. The first kappa shape index (κ1) is 22.0. The van der Waals surface area contributed by atoms with E-state index in [1.54, 1.807) is 6.07 Å². The minimum absolute atomic E-state index is 0.00312. The average molecular weight is 429 g/mol. The van der Waals surface area contributed by atoms with E-state index in [2.05, 4.69) is 17.0 Å². The maximum atomic E-state index is 12.8. The number of ketones is 1. The number of nitrogens with one attached hydrogen (secondary N) is 2. The van der Waals surface area contributed by atoms with Crippen LogP contribution in [0.3, 0.4) is 0 Å². The molecule has 1 amide bonds. The van der Waals surface area contributed by atoms with Gasteiger partial charge >= 0.3 is 0 Å². The van der Waals surface area contributed by atoms with Crippen LogP contribution in [0.4, 0.5) is 5.69 Å². The highest BCUT2D eigenvalue weighted by molar-refractivity contribution is 7.92. The van der Waals surface area contributed by atoms with Gasteiger partial charge in [-0.1, -0.05) is 43.3 Å². The summed E-state index contributed by atoms with van der Waals surface area (Å²) in [5.41, 5.74) is 3.74. The molecule has 3 atom stereocenters. The normalized spacial score (nSPS) is 21.6. The molecule has 0 aromatic heterocycles. The summed E-state index contributed by atoms with van der Waals surface area (Å²) in [6, 6.07) is 12.7. The number of hydrogen-bond acceptors (Lipinski definition) is 4. The Morgan fingerprint density at radius 2 is 1.77 bits per heavy atom. The van der Waals surface area contributed by atoms with E-state index in [4.69, 9.17) is 0 Å². The van der Waals surface area contributed by atoms with Gasteiger partial charge in [0.05, 0.1) is 18.0 Å². The summed E-state index contributed by atoms with van der Waals surface area (Å²) in [5.74, 6) is -0.0919. The maximum absolute atomic E-state index is 12.8. The molecule has 30 heavy (non-hydrogen) atoms. The van der Waals surface area contributed by atoms with Crippen molar-refractivity contribution in [2.24, 2.45) is 5.92 Å². The molecule has 1 aliphatic rings. The van der Waals surface area contributed by atoms with Gasteiger partial charge in [0.25, 0.3) is 0 Å². The Balaban J connectivity index is 1.66. The third-order valence-corrected chi connectivity index (χ3v) is 6.50. The van der Waals surface area contributed by atoms with Crippen molar-refractivity contribution in [1.29, 1.82) is 0 Å². The van der Waals surface area contributed by atoms with Crippen LogP contribution in [0.25, 0.3) is 0 Å². The van der Waals surface area contributed by atoms with Gasteiger partial charge in [0.2, 0.25) is 15.9 Å². The number of benzene rings is 2. The average Bonchev–Trinajstić information content (AvgIpc) is 3.35. The van der Waals surface area contributed by atoms with Crippen molar-refractivity contribution < 1.29 is 18.0 Å². The van der Waals surface area contributed by atoms with E-state index in [1.807, 2.05) is 50.2 Å². The maximum Gasteiger partial charge on any atom is 0.229 e. The SMILES string of the molecule is CC(=O)c1ccc(C2(C)CC2C(=O)N[C@H](C)c2ccc(NS(C)(=O)=O)c(C)c2)cc1.